The minimum atomic E-state index is -4.56. The van der Waals surface area contributed by atoms with Gasteiger partial charge in [-0.05, 0) is 66.2 Å². The van der Waals surface area contributed by atoms with Gasteiger partial charge < -0.3 is 15.7 Å². The van der Waals surface area contributed by atoms with Gasteiger partial charge in [0.15, 0.2) is 0 Å². The standard InChI is InChI=1S/C25H36F3N3O5S/c1-23(2,3)14-24(4,5)20(30-22(33)34)21(32)29-19-11-6-15-12-31(13-18(15)19)37(35,36)17-9-7-16(8-10-17)25(26,27)28/h7-10,15,18-20,30H,6,11-14H2,1-5H3,(H,29,32)(H,33,34)/t15-,18+,19+,20+/m0/s1. The van der Waals surface area contributed by atoms with Crippen LogP contribution in [0.25, 0.3) is 0 Å². The van der Waals surface area contributed by atoms with E-state index in [1.165, 1.54) is 4.31 Å². The number of amides is 2. The molecule has 0 unspecified atom stereocenters. The quantitative estimate of drug-likeness (QED) is 0.470. The first-order chi connectivity index (χ1) is 16.8. The number of sulfonamides is 1. The number of nitrogens with one attached hydrogen (secondary N) is 2. The summed E-state index contributed by atoms with van der Waals surface area (Å²) < 4.78 is 66.1. The Balaban J connectivity index is 1.73. The Labute approximate surface area is 216 Å². The highest BCUT2D eigenvalue weighted by atomic mass is 32.2. The Morgan fingerprint density at radius 1 is 1.05 bits per heavy atom. The second kappa shape index (κ2) is 10.1. The summed E-state index contributed by atoms with van der Waals surface area (Å²) in [6.45, 7) is 10.0. The molecule has 1 aromatic carbocycles. The van der Waals surface area contributed by atoms with Gasteiger partial charge in [0.2, 0.25) is 15.9 Å². The molecule has 1 saturated carbocycles. The van der Waals surface area contributed by atoms with Crippen LogP contribution in [0.15, 0.2) is 29.2 Å². The van der Waals surface area contributed by atoms with Crippen LogP contribution in [-0.4, -0.2) is 55.0 Å². The lowest BCUT2D eigenvalue weighted by Crippen LogP contribution is -2.57. The minimum absolute atomic E-state index is 0.0111. The fourth-order valence-corrected chi connectivity index (χ4v) is 7.57. The van der Waals surface area contributed by atoms with E-state index in [4.69, 9.17) is 0 Å². The van der Waals surface area contributed by atoms with E-state index < -0.39 is 45.2 Å². The van der Waals surface area contributed by atoms with Gasteiger partial charge in [-0.2, -0.15) is 17.5 Å². The highest BCUT2D eigenvalue weighted by Gasteiger charge is 2.48. The lowest BCUT2D eigenvalue weighted by atomic mass is 9.71. The predicted octanol–water partition coefficient (Wildman–Crippen LogP) is 4.32. The molecule has 0 bridgehead atoms. The molecular formula is C25H36F3N3O5S. The Morgan fingerprint density at radius 3 is 2.16 bits per heavy atom. The first-order valence-electron chi connectivity index (χ1n) is 12.3. The first-order valence-corrected chi connectivity index (χ1v) is 13.7. The maximum atomic E-state index is 13.3. The van der Waals surface area contributed by atoms with E-state index in [-0.39, 0.29) is 41.3 Å². The van der Waals surface area contributed by atoms with Crippen LogP contribution in [0.2, 0.25) is 0 Å². The third-order valence-corrected chi connectivity index (χ3v) is 9.11. The minimum Gasteiger partial charge on any atom is -0.465 e. The van der Waals surface area contributed by atoms with Gasteiger partial charge >= 0.3 is 12.3 Å². The zero-order chi connectivity index (χ0) is 28.0. The van der Waals surface area contributed by atoms with E-state index in [0.717, 1.165) is 24.3 Å². The number of carboxylic acid groups (broad SMARTS) is 1. The topological polar surface area (TPSA) is 116 Å². The molecule has 1 heterocycles. The van der Waals surface area contributed by atoms with E-state index >= 15 is 0 Å². The molecule has 4 atom stereocenters. The number of rotatable bonds is 7. The monoisotopic (exact) mass is 547 g/mol. The molecule has 2 fully saturated rings. The predicted molar refractivity (Wildman–Crippen MR) is 131 cm³/mol. The summed E-state index contributed by atoms with van der Waals surface area (Å²) in [6.07, 6.45) is -3.98. The SMILES string of the molecule is CC(C)(C)CC(C)(C)[C@H](NC(=O)O)C(=O)N[C@@H]1CC[C@H]2CN(S(=O)(=O)c3ccc(C(F)(F)F)cc3)C[C@H]21. The smallest absolute Gasteiger partial charge is 0.416 e. The van der Waals surface area contributed by atoms with Crippen molar-refractivity contribution in [3.63, 3.8) is 0 Å². The summed E-state index contributed by atoms with van der Waals surface area (Å²) in [7, 11) is -4.01. The summed E-state index contributed by atoms with van der Waals surface area (Å²) in [5, 5.41) is 14.7. The molecule has 0 spiro atoms. The summed E-state index contributed by atoms with van der Waals surface area (Å²) in [6, 6.07) is 2.09. The van der Waals surface area contributed by atoms with Crippen molar-refractivity contribution < 1.29 is 36.3 Å². The third-order valence-electron chi connectivity index (χ3n) is 7.27. The van der Waals surface area contributed by atoms with Crippen LogP contribution in [-0.2, 0) is 21.0 Å². The maximum Gasteiger partial charge on any atom is 0.416 e. The van der Waals surface area contributed by atoms with Gasteiger partial charge in [0.05, 0.1) is 10.5 Å². The molecule has 1 aromatic rings. The molecule has 2 aliphatic rings. The molecule has 0 radical (unpaired) electrons. The Kier molecular flexibility index (Phi) is 7.97. The van der Waals surface area contributed by atoms with Gasteiger partial charge in [-0.1, -0.05) is 34.6 Å². The van der Waals surface area contributed by atoms with E-state index in [1.54, 1.807) is 0 Å². The molecule has 1 saturated heterocycles. The van der Waals surface area contributed by atoms with Gasteiger partial charge in [-0.25, -0.2) is 13.2 Å². The van der Waals surface area contributed by atoms with Gasteiger partial charge in [0.25, 0.3) is 0 Å². The lowest BCUT2D eigenvalue weighted by Gasteiger charge is -2.38. The summed E-state index contributed by atoms with van der Waals surface area (Å²) >= 11 is 0. The molecular weight excluding hydrogens is 511 g/mol. The zero-order valence-corrected chi connectivity index (χ0v) is 22.5. The van der Waals surface area contributed by atoms with Crippen LogP contribution < -0.4 is 10.6 Å². The zero-order valence-electron chi connectivity index (χ0n) is 21.7. The first kappa shape index (κ1) is 29.2. The van der Waals surface area contributed by atoms with Crippen LogP contribution >= 0.6 is 0 Å². The highest BCUT2D eigenvalue weighted by Crippen LogP contribution is 2.41. The molecule has 208 valence electrons. The van der Waals surface area contributed by atoms with E-state index in [9.17, 15) is 36.3 Å². The number of nitrogens with zero attached hydrogens (tertiary/aromatic N) is 1. The molecule has 1 aliphatic heterocycles. The molecule has 3 N–H and O–H groups in total. The molecule has 0 aromatic heterocycles. The normalized spacial score (nSPS) is 23.9. The van der Waals surface area contributed by atoms with Crippen molar-refractivity contribution in [3.05, 3.63) is 29.8 Å². The lowest BCUT2D eigenvalue weighted by molar-refractivity contribution is -0.137. The number of hydrogen-bond acceptors (Lipinski definition) is 4. The van der Waals surface area contributed by atoms with E-state index in [0.29, 0.717) is 19.3 Å². The van der Waals surface area contributed by atoms with Gasteiger partial charge in [-0.3, -0.25) is 4.79 Å². The van der Waals surface area contributed by atoms with Crippen LogP contribution in [0, 0.1) is 22.7 Å². The molecule has 1 aliphatic carbocycles. The van der Waals surface area contributed by atoms with Crippen molar-refractivity contribution in [2.75, 3.05) is 13.1 Å². The van der Waals surface area contributed by atoms with Crippen molar-refractivity contribution in [3.8, 4) is 0 Å². The van der Waals surface area contributed by atoms with Crippen LogP contribution in [0.4, 0.5) is 18.0 Å². The average molecular weight is 548 g/mol. The van der Waals surface area contributed by atoms with Gasteiger partial charge in [-0.15, -0.1) is 0 Å². The van der Waals surface area contributed by atoms with Crippen molar-refractivity contribution in [2.24, 2.45) is 22.7 Å². The van der Waals surface area contributed by atoms with Gasteiger partial charge in [0.1, 0.15) is 6.04 Å². The Bertz CT molecular complexity index is 1110. The number of alkyl halides is 3. The summed E-state index contributed by atoms with van der Waals surface area (Å²) in [5.41, 5.74) is -1.77. The largest absolute Gasteiger partial charge is 0.465 e. The molecule has 12 heteroatoms. The van der Waals surface area contributed by atoms with E-state index in [2.05, 4.69) is 10.6 Å². The molecule has 3 rings (SSSR count). The Morgan fingerprint density at radius 2 is 1.65 bits per heavy atom. The number of halogens is 3. The van der Waals surface area contributed by atoms with Crippen molar-refractivity contribution in [1.29, 1.82) is 0 Å². The van der Waals surface area contributed by atoms with Crippen molar-refractivity contribution >= 4 is 22.0 Å². The fourth-order valence-electron chi connectivity index (χ4n) is 6.04. The Hall–Kier alpha value is -2.34. The number of carbonyl (C=O) groups excluding carboxylic acids is 1. The van der Waals surface area contributed by atoms with E-state index in [1.807, 2.05) is 34.6 Å². The van der Waals surface area contributed by atoms with Gasteiger partial charge in [0, 0.05) is 19.1 Å². The second-order valence-corrected chi connectivity index (χ2v) is 14.0. The average Bonchev–Trinajstić information content (AvgIpc) is 3.32. The second-order valence-electron chi connectivity index (χ2n) is 12.1. The molecule has 8 nitrogen and oxygen atoms in total. The van der Waals surface area contributed by atoms with Crippen LogP contribution in [0.1, 0.15) is 59.4 Å². The number of carbonyl (C=O) groups is 2. The number of fused-ring (bicyclic) bond motifs is 1. The van der Waals surface area contributed by atoms with Crippen LogP contribution in [0.3, 0.4) is 0 Å². The maximum absolute atomic E-state index is 13.3. The van der Waals surface area contributed by atoms with Crippen LogP contribution in [0.5, 0.6) is 0 Å². The van der Waals surface area contributed by atoms with Crippen molar-refractivity contribution in [2.45, 2.75) is 77.0 Å². The summed E-state index contributed by atoms with van der Waals surface area (Å²) in [4.78, 5) is 24.6. The summed E-state index contributed by atoms with van der Waals surface area (Å²) in [5.74, 6) is -0.640. The molecule has 37 heavy (non-hydrogen) atoms. The number of hydrogen-bond donors (Lipinski definition) is 3. The number of benzene rings is 1. The molecule has 2 amide bonds. The van der Waals surface area contributed by atoms with Crippen molar-refractivity contribution in [1.82, 2.24) is 14.9 Å². The fraction of sp³-hybridized carbons (Fsp3) is 0.680. The third kappa shape index (κ3) is 6.76. The highest BCUT2D eigenvalue weighted by molar-refractivity contribution is 7.89.